The number of rotatable bonds is 33. The Morgan fingerprint density at radius 2 is 1.02 bits per heavy atom. The number of phenolic OH excluding ortho intramolecular Hbond substituents is 1. The number of nitrogens with one attached hydrogen (secondary N) is 1. The first-order chi connectivity index (χ1) is 28.9. The molecule has 9 nitrogen and oxygen atoms in total. The van der Waals surface area contributed by atoms with E-state index in [1.54, 1.807) is 24.3 Å². The molecule has 0 saturated carbocycles. The van der Waals surface area contributed by atoms with Crippen LogP contribution in [0.3, 0.4) is 0 Å². The van der Waals surface area contributed by atoms with Crippen LogP contribution < -0.4 is 5.32 Å². The molecule has 0 fully saturated rings. The summed E-state index contributed by atoms with van der Waals surface area (Å²) in [6.07, 6.45) is 13.3. The van der Waals surface area contributed by atoms with Gasteiger partial charge in [-0.3, -0.25) is 4.90 Å². The standard InChI is InChI=1S/C50H72N2O7.ClH/c53-40-46-36-44(26-28-48(46)55)50(57)39-52(30-14-2-4-16-32-59-34-18-12-24-42-21-9-6-10-22-42)38-45-35-43(25-27-47(45)54)49(56)37-51-29-13-1-3-15-31-58-33-17-11-23-41-19-7-5-8-20-41;/h5-10,19-22,25-28,35-36,49-51,53-57H,1-4,11-18,23-24,29-34,37-40H2;1H. The number of hydrogen-bond acceptors (Lipinski definition) is 9. The zero-order chi connectivity index (χ0) is 41.8. The Bertz CT molecular complexity index is 1670. The number of aryl methyl sites for hydroxylation is 2. The number of hydrogen-bond donors (Lipinski definition) is 6. The number of ether oxygens (including phenoxy) is 2. The molecule has 6 N–H and O–H groups in total. The predicted molar refractivity (Wildman–Crippen MR) is 245 cm³/mol. The van der Waals surface area contributed by atoms with E-state index in [9.17, 15) is 25.5 Å². The van der Waals surface area contributed by atoms with Gasteiger partial charge in [-0.2, -0.15) is 0 Å². The van der Waals surface area contributed by atoms with Crippen molar-refractivity contribution in [2.24, 2.45) is 0 Å². The Labute approximate surface area is 366 Å². The van der Waals surface area contributed by atoms with Gasteiger partial charge in [0.05, 0.1) is 18.8 Å². The molecular weight excluding hydrogens is 776 g/mol. The topological polar surface area (TPSA) is 135 Å². The molecule has 4 aromatic carbocycles. The van der Waals surface area contributed by atoms with Crippen LogP contribution >= 0.6 is 12.4 Å². The van der Waals surface area contributed by atoms with E-state index in [0.717, 1.165) is 128 Å². The molecule has 0 saturated heterocycles. The second-order valence-corrected chi connectivity index (χ2v) is 15.8. The fourth-order valence-electron chi connectivity index (χ4n) is 7.32. The van der Waals surface area contributed by atoms with Crippen molar-refractivity contribution < 1.29 is 35.0 Å². The highest BCUT2D eigenvalue weighted by Crippen LogP contribution is 2.27. The van der Waals surface area contributed by atoms with E-state index in [0.29, 0.717) is 42.9 Å². The van der Waals surface area contributed by atoms with Crippen molar-refractivity contribution in [3.63, 3.8) is 0 Å². The lowest BCUT2D eigenvalue weighted by Gasteiger charge is -2.26. The quantitative estimate of drug-likeness (QED) is 0.0260. The zero-order valence-electron chi connectivity index (χ0n) is 35.8. The summed E-state index contributed by atoms with van der Waals surface area (Å²) in [6.45, 7) is 5.50. The number of halogens is 1. The van der Waals surface area contributed by atoms with Gasteiger partial charge in [-0.25, -0.2) is 0 Å². The Hall–Kier alpha value is -3.51. The molecule has 4 aromatic rings. The van der Waals surface area contributed by atoms with Crippen molar-refractivity contribution in [2.75, 3.05) is 52.6 Å². The predicted octanol–water partition coefficient (Wildman–Crippen LogP) is 9.37. The molecular formula is C50H73ClN2O7. The molecule has 0 heterocycles. The monoisotopic (exact) mass is 849 g/mol. The van der Waals surface area contributed by atoms with Gasteiger partial charge in [0.2, 0.25) is 0 Å². The zero-order valence-corrected chi connectivity index (χ0v) is 36.6. The molecule has 0 aliphatic carbocycles. The lowest BCUT2D eigenvalue weighted by Crippen LogP contribution is -2.30. The van der Waals surface area contributed by atoms with Crippen molar-refractivity contribution in [2.45, 2.75) is 115 Å². The normalized spacial score (nSPS) is 12.4. The van der Waals surface area contributed by atoms with E-state index in [1.807, 2.05) is 12.1 Å². The Morgan fingerprint density at radius 3 is 1.58 bits per heavy atom. The highest BCUT2D eigenvalue weighted by molar-refractivity contribution is 5.85. The first-order valence-corrected chi connectivity index (χ1v) is 22.2. The van der Waals surface area contributed by atoms with Crippen LogP contribution in [0.1, 0.15) is 123 Å². The molecule has 2 atom stereocenters. The second-order valence-electron chi connectivity index (χ2n) is 15.8. The summed E-state index contributed by atoms with van der Waals surface area (Å²) in [6, 6.07) is 31.2. The van der Waals surface area contributed by atoms with Gasteiger partial charge in [-0.1, -0.05) is 98.5 Å². The Kier molecular flexibility index (Phi) is 26.6. The lowest BCUT2D eigenvalue weighted by molar-refractivity contribution is 0.106. The largest absolute Gasteiger partial charge is 0.508 e. The first-order valence-electron chi connectivity index (χ1n) is 22.2. The maximum atomic E-state index is 11.3. The maximum Gasteiger partial charge on any atom is 0.121 e. The average Bonchev–Trinajstić information content (AvgIpc) is 3.25. The van der Waals surface area contributed by atoms with Gasteiger partial charge in [-0.15, -0.1) is 12.4 Å². The summed E-state index contributed by atoms with van der Waals surface area (Å²) >= 11 is 0. The fourth-order valence-corrected chi connectivity index (χ4v) is 7.32. The molecule has 4 rings (SSSR count). The van der Waals surface area contributed by atoms with Gasteiger partial charge < -0.3 is 40.3 Å². The van der Waals surface area contributed by atoms with Crippen LogP contribution in [0.15, 0.2) is 97.1 Å². The summed E-state index contributed by atoms with van der Waals surface area (Å²) in [4.78, 5) is 2.12. The number of unbranched alkanes of at least 4 members (excludes halogenated alkanes) is 8. The van der Waals surface area contributed by atoms with Crippen molar-refractivity contribution in [1.82, 2.24) is 10.2 Å². The fraction of sp³-hybridized carbons (Fsp3) is 0.520. The van der Waals surface area contributed by atoms with E-state index in [1.165, 1.54) is 17.2 Å². The van der Waals surface area contributed by atoms with Crippen LogP contribution in [0, 0.1) is 0 Å². The third-order valence-electron chi connectivity index (χ3n) is 10.9. The van der Waals surface area contributed by atoms with Crippen LogP contribution in [0.2, 0.25) is 0 Å². The van der Waals surface area contributed by atoms with E-state index in [-0.39, 0.29) is 30.5 Å². The van der Waals surface area contributed by atoms with E-state index in [2.05, 4.69) is 64.8 Å². The third-order valence-corrected chi connectivity index (χ3v) is 10.9. The number of phenols is 2. The van der Waals surface area contributed by atoms with Crippen LogP contribution in [-0.2, 0) is 35.5 Å². The van der Waals surface area contributed by atoms with Gasteiger partial charge in [0.15, 0.2) is 0 Å². The van der Waals surface area contributed by atoms with Crippen molar-refractivity contribution in [3.05, 3.63) is 130 Å². The summed E-state index contributed by atoms with van der Waals surface area (Å²) in [5.74, 6) is 0.144. The SMILES string of the molecule is Cl.OCc1cc(C(O)CN(CCCCCCOCCCCc2ccccc2)Cc2cc(C(O)CNCCCCCCOCCCCc3ccccc3)ccc2O)ccc1O. The molecule has 0 amide bonds. The van der Waals surface area contributed by atoms with Crippen LogP contribution in [-0.4, -0.2) is 83.0 Å². The minimum Gasteiger partial charge on any atom is -0.508 e. The summed E-state index contributed by atoms with van der Waals surface area (Å²) < 4.78 is 11.7. The van der Waals surface area contributed by atoms with Gasteiger partial charge in [0, 0.05) is 57.2 Å². The summed E-state index contributed by atoms with van der Waals surface area (Å²) in [5, 5.41) is 56.3. The number of aliphatic hydroxyl groups is 3. The highest BCUT2D eigenvalue weighted by atomic mass is 35.5. The van der Waals surface area contributed by atoms with E-state index in [4.69, 9.17) is 9.47 Å². The minimum atomic E-state index is -0.862. The van der Waals surface area contributed by atoms with E-state index >= 15 is 0 Å². The Balaban J connectivity index is 0.00000961. The van der Waals surface area contributed by atoms with E-state index < -0.39 is 12.2 Å². The average molecular weight is 850 g/mol. The summed E-state index contributed by atoms with van der Waals surface area (Å²) in [7, 11) is 0. The van der Waals surface area contributed by atoms with Gasteiger partial charge in [0.1, 0.15) is 11.5 Å². The third kappa shape index (κ3) is 20.8. The van der Waals surface area contributed by atoms with Crippen molar-refractivity contribution in [1.29, 1.82) is 0 Å². The smallest absolute Gasteiger partial charge is 0.121 e. The van der Waals surface area contributed by atoms with Crippen molar-refractivity contribution >= 4 is 12.4 Å². The maximum absolute atomic E-state index is 11.3. The molecule has 2 unspecified atom stereocenters. The number of aliphatic hydroxyl groups excluding tert-OH is 3. The molecule has 60 heavy (non-hydrogen) atoms. The molecule has 0 aromatic heterocycles. The van der Waals surface area contributed by atoms with Gasteiger partial charge in [0.25, 0.3) is 0 Å². The number of aromatic hydroxyl groups is 2. The minimum absolute atomic E-state index is 0. The second kappa shape index (κ2) is 31.4. The van der Waals surface area contributed by atoms with Gasteiger partial charge >= 0.3 is 0 Å². The summed E-state index contributed by atoms with van der Waals surface area (Å²) in [5.41, 5.74) is 5.16. The first kappa shape index (κ1) is 50.8. The lowest BCUT2D eigenvalue weighted by atomic mass is 10.0. The molecule has 0 aliphatic rings. The molecule has 0 radical (unpaired) electrons. The van der Waals surface area contributed by atoms with Crippen molar-refractivity contribution in [3.8, 4) is 11.5 Å². The molecule has 0 spiro atoms. The molecule has 10 heteroatoms. The van der Waals surface area contributed by atoms with Gasteiger partial charge in [-0.05, 0) is 124 Å². The number of benzene rings is 4. The Morgan fingerprint density at radius 1 is 0.533 bits per heavy atom. The van der Waals surface area contributed by atoms with Crippen LogP contribution in [0.25, 0.3) is 0 Å². The highest BCUT2D eigenvalue weighted by Gasteiger charge is 2.18. The van der Waals surface area contributed by atoms with Crippen LogP contribution in [0.5, 0.6) is 11.5 Å². The molecule has 0 aliphatic heterocycles. The molecule has 332 valence electrons. The van der Waals surface area contributed by atoms with Crippen LogP contribution in [0.4, 0.5) is 0 Å². The molecule has 0 bridgehead atoms. The number of nitrogens with zero attached hydrogens (tertiary/aromatic N) is 1.